The van der Waals surface area contributed by atoms with Gasteiger partial charge in [0.2, 0.25) is 0 Å². The van der Waals surface area contributed by atoms with E-state index in [0.29, 0.717) is 0 Å². The van der Waals surface area contributed by atoms with Crippen LogP contribution in [0, 0.1) is 0 Å². The Morgan fingerprint density at radius 2 is 0.840 bits per heavy atom. The lowest BCUT2D eigenvalue weighted by Crippen LogP contribution is -2.28. The molecule has 0 radical (unpaired) electrons. The number of aromatic nitrogens is 2. The maximum Gasteiger partial charge on any atom is 0.0714 e. The Morgan fingerprint density at radius 1 is 0.380 bits per heavy atom. The van der Waals surface area contributed by atoms with E-state index in [9.17, 15) is 0 Å². The van der Waals surface area contributed by atoms with Gasteiger partial charge in [0.25, 0.3) is 0 Å². The van der Waals surface area contributed by atoms with Crippen LogP contribution in [0.1, 0.15) is 22.3 Å². The van der Waals surface area contributed by atoms with Gasteiger partial charge in [-0.2, -0.15) is 0 Å². The number of hydrogen-bond donors (Lipinski definition) is 0. The average Bonchev–Trinajstić information content (AvgIpc) is 3.69. The van der Waals surface area contributed by atoms with Crippen LogP contribution in [0.25, 0.3) is 60.9 Å². The third kappa shape index (κ3) is 4.18. The van der Waals surface area contributed by atoms with Gasteiger partial charge in [-0.15, -0.1) is 0 Å². The van der Waals surface area contributed by atoms with Gasteiger partial charge in [0.1, 0.15) is 0 Å². The zero-order chi connectivity index (χ0) is 33.1. The van der Waals surface area contributed by atoms with Crippen molar-refractivity contribution < 1.29 is 0 Å². The van der Waals surface area contributed by atoms with E-state index < -0.39 is 5.41 Å². The maximum atomic E-state index is 4.19. The lowest BCUT2D eigenvalue weighted by Gasteiger charge is -2.34. The van der Waals surface area contributed by atoms with Crippen LogP contribution in [-0.4, -0.2) is 9.55 Å². The molecule has 0 spiro atoms. The zero-order valence-electron chi connectivity index (χ0n) is 27.4. The fraction of sp³-hybridized carbons (Fsp3) is 0.0208. The van der Waals surface area contributed by atoms with Crippen LogP contribution in [0.5, 0.6) is 0 Å². The topological polar surface area (TPSA) is 17.8 Å². The summed E-state index contributed by atoms with van der Waals surface area (Å²) in [5.41, 5.74) is 15.5. The molecule has 9 aromatic rings. The Hall–Kier alpha value is -6.51. The summed E-state index contributed by atoms with van der Waals surface area (Å²) in [5.74, 6) is 0. The number of nitrogens with zero attached hydrogens (tertiary/aromatic N) is 2. The first-order valence-corrected chi connectivity index (χ1v) is 17.2. The number of benzene rings is 7. The molecule has 1 aliphatic rings. The first kappa shape index (κ1) is 28.5. The molecule has 2 heteroatoms. The molecule has 0 atom stereocenters. The summed E-state index contributed by atoms with van der Waals surface area (Å²) in [6.45, 7) is 0. The quantitative estimate of drug-likeness (QED) is 0.184. The highest BCUT2D eigenvalue weighted by atomic mass is 15.0. The Bertz CT molecular complexity index is 2580. The molecule has 0 N–H and O–H groups in total. The zero-order valence-corrected chi connectivity index (χ0v) is 27.4. The van der Waals surface area contributed by atoms with Crippen LogP contribution in [0.2, 0.25) is 0 Å². The van der Waals surface area contributed by atoms with Crippen molar-refractivity contribution in [3.05, 3.63) is 217 Å². The van der Waals surface area contributed by atoms with E-state index in [1.54, 1.807) is 0 Å². The van der Waals surface area contributed by atoms with E-state index in [2.05, 4.69) is 192 Å². The van der Waals surface area contributed by atoms with Crippen molar-refractivity contribution in [2.45, 2.75) is 5.41 Å². The van der Waals surface area contributed by atoms with Crippen LogP contribution in [0.15, 0.2) is 194 Å². The predicted octanol–water partition coefficient (Wildman–Crippen LogP) is 11.9. The largest absolute Gasteiger partial charge is 0.309 e. The SMILES string of the molecule is c1ccc(C2(c3ccccc3)c3cc(-c4ccc(-c5ccncc5)cc4)ccc3-c3ccc(-n4c5ccccc5c5ccccc54)cc32)cc1. The van der Waals surface area contributed by atoms with Crippen molar-refractivity contribution in [2.24, 2.45) is 0 Å². The number of fused-ring (bicyclic) bond motifs is 6. The van der Waals surface area contributed by atoms with Gasteiger partial charge in [-0.1, -0.05) is 140 Å². The molecule has 0 saturated carbocycles. The number of para-hydroxylation sites is 2. The molecular formula is C48H32N2. The van der Waals surface area contributed by atoms with Crippen molar-refractivity contribution in [1.29, 1.82) is 0 Å². The molecule has 1 aliphatic carbocycles. The molecule has 0 unspecified atom stereocenters. The molecule has 0 bridgehead atoms. The summed E-state index contributed by atoms with van der Waals surface area (Å²) in [6, 6.07) is 66.9. The lowest BCUT2D eigenvalue weighted by molar-refractivity contribution is 0.768. The van der Waals surface area contributed by atoms with Gasteiger partial charge in [0.05, 0.1) is 16.4 Å². The van der Waals surface area contributed by atoms with Gasteiger partial charge in [-0.25, -0.2) is 0 Å². The number of hydrogen-bond acceptors (Lipinski definition) is 1. The summed E-state index contributed by atoms with van der Waals surface area (Å²) in [6.07, 6.45) is 3.70. The average molecular weight is 637 g/mol. The monoisotopic (exact) mass is 636 g/mol. The van der Waals surface area contributed by atoms with E-state index in [-0.39, 0.29) is 0 Å². The van der Waals surface area contributed by atoms with Gasteiger partial charge in [-0.05, 0) is 98.1 Å². The van der Waals surface area contributed by atoms with Crippen LogP contribution >= 0.6 is 0 Å². The molecule has 0 aliphatic heterocycles. The van der Waals surface area contributed by atoms with Crippen molar-refractivity contribution in [3.8, 4) is 39.1 Å². The van der Waals surface area contributed by atoms with Gasteiger partial charge in [0.15, 0.2) is 0 Å². The van der Waals surface area contributed by atoms with Crippen molar-refractivity contribution in [3.63, 3.8) is 0 Å². The van der Waals surface area contributed by atoms with Crippen LogP contribution in [0.4, 0.5) is 0 Å². The van der Waals surface area contributed by atoms with Crippen LogP contribution in [0.3, 0.4) is 0 Å². The minimum absolute atomic E-state index is 0.519. The molecule has 0 fully saturated rings. The Kier molecular flexibility index (Phi) is 6.43. The second-order valence-electron chi connectivity index (χ2n) is 13.2. The van der Waals surface area contributed by atoms with Gasteiger partial charge in [0, 0.05) is 28.9 Å². The molecule has 50 heavy (non-hydrogen) atoms. The lowest BCUT2D eigenvalue weighted by atomic mass is 9.67. The van der Waals surface area contributed by atoms with Gasteiger partial charge >= 0.3 is 0 Å². The fourth-order valence-electron chi connectivity index (χ4n) is 8.40. The summed E-state index contributed by atoms with van der Waals surface area (Å²) in [5, 5.41) is 2.53. The molecule has 2 aromatic heterocycles. The third-order valence-electron chi connectivity index (χ3n) is 10.6. The Labute approximate surface area is 291 Å². The second-order valence-corrected chi connectivity index (χ2v) is 13.2. The summed E-state index contributed by atoms with van der Waals surface area (Å²) in [7, 11) is 0. The second kappa shape index (κ2) is 11.3. The Morgan fingerprint density at radius 3 is 1.44 bits per heavy atom. The van der Waals surface area contributed by atoms with Crippen LogP contribution < -0.4 is 0 Å². The van der Waals surface area contributed by atoms with E-state index >= 15 is 0 Å². The van der Waals surface area contributed by atoms with Crippen molar-refractivity contribution in [2.75, 3.05) is 0 Å². The summed E-state index contributed by atoms with van der Waals surface area (Å²) < 4.78 is 2.43. The van der Waals surface area contributed by atoms with E-state index in [0.717, 1.165) is 5.69 Å². The van der Waals surface area contributed by atoms with Gasteiger partial charge in [-0.3, -0.25) is 4.98 Å². The maximum absolute atomic E-state index is 4.19. The molecule has 10 rings (SSSR count). The molecule has 0 saturated heterocycles. The first-order valence-electron chi connectivity index (χ1n) is 17.2. The van der Waals surface area contributed by atoms with Crippen LogP contribution in [-0.2, 0) is 5.41 Å². The highest BCUT2D eigenvalue weighted by Crippen LogP contribution is 2.57. The standard InChI is InChI=1S/C48H32N2/c1-3-11-37(12-4-1)48(38-13-5-2-6-14-38)44-31-36(34-21-19-33(20-22-34)35-27-29-49-30-28-35)23-25-40(44)41-26-24-39(32-45(41)48)50-46-17-9-7-15-42(46)43-16-8-10-18-47(43)50/h1-32H. The molecule has 2 nitrogen and oxygen atoms in total. The minimum atomic E-state index is -0.519. The van der Waals surface area contributed by atoms with Crippen molar-refractivity contribution in [1.82, 2.24) is 9.55 Å². The normalized spacial score (nSPS) is 13.0. The number of pyridine rings is 1. The van der Waals surface area contributed by atoms with E-state index in [4.69, 9.17) is 0 Å². The Balaban J connectivity index is 1.23. The number of rotatable bonds is 5. The summed E-state index contributed by atoms with van der Waals surface area (Å²) in [4.78, 5) is 4.19. The molecule has 2 heterocycles. The smallest absolute Gasteiger partial charge is 0.0714 e. The van der Waals surface area contributed by atoms with E-state index in [1.165, 1.54) is 77.4 Å². The third-order valence-corrected chi connectivity index (χ3v) is 10.6. The predicted molar refractivity (Wildman–Crippen MR) is 207 cm³/mol. The molecule has 7 aromatic carbocycles. The molecule has 234 valence electrons. The first-order chi connectivity index (χ1) is 24.8. The fourth-order valence-corrected chi connectivity index (χ4v) is 8.40. The minimum Gasteiger partial charge on any atom is -0.309 e. The molecule has 0 amide bonds. The summed E-state index contributed by atoms with van der Waals surface area (Å²) >= 11 is 0. The molecular weight excluding hydrogens is 605 g/mol. The van der Waals surface area contributed by atoms with Gasteiger partial charge < -0.3 is 4.57 Å². The highest BCUT2D eigenvalue weighted by Gasteiger charge is 2.46. The highest BCUT2D eigenvalue weighted by molar-refractivity contribution is 6.09. The van der Waals surface area contributed by atoms with E-state index in [1.807, 2.05) is 12.4 Å². The van der Waals surface area contributed by atoms with Crippen molar-refractivity contribution >= 4 is 21.8 Å².